The van der Waals surface area contributed by atoms with Crippen molar-refractivity contribution < 1.29 is 14.3 Å². The number of carbonyl (C=O) groups excluding carboxylic acids is 1. The van der Waals surface area contributed by atoms with Crippen LogP contribution in [0.2, 0.25) is 0 Å². The van der Waals surface area contributed by atoms with Crippen LogP contribution in [0, 0.1) is 0 Å². The van der Waals surface area contributed by atoms with Gasteiger partial charge >= 0.3 is 6.09 Å². The van der Waals surface area contributed by atoms with Crippen molar-refractivity contribution in [3.05, 3.63) is 60.6 Å². The molecule has 162 valence electrons. The largest absolute Gasteiger partial charge is 0.447 e. The van der Waals surface area contributed by atoms with Crippen LogP contribution in [0.4, 0.5) is 10.5 Å². The molecule has 4 heterocycles. The van der Waals surface area contributed by atoms with E-state index in [9.17, 15) is 4.79 Å². The Bertz CT molecular complexity index is 1270. The summed E-state index contributed by atoms with van der Waals surface area (Å²) in [4.78, 5) is 21.1. The SMILES string of the molecule is COCCOC(=O)Nc1ccc2c(-c3c(-c4ccccn4)nn4c3CCC4)ccnc2c1. The summed E-state index contributed by atoms with van der Waals surface area (Å²) in [6.45, 7) is 1.46. The number of hydrogen-bond acceptors (Lipinski definition) is 6. The van der Waals surface area contributed by atoms with E-state index in [2.05, 4.69) is 20.0 Å². The topological polar surface area (TPSA) is 91.2 Å². The second-order valence-corrected chi connectivity index (χ2v) is 7.56. The molecule has 0 saturated carbocycles. The van der Waals surface area contributed by atoms with Crippen LogP contribution in [0.1, 0.15) is 12.1 Å². The monoisotopic (exact) mass is 429 g/mol. The van der Waals surface area contributed by atoms with Crippen LogP contribution in [-0.2, 0) is 22.4 Å². The lowest BCUT2D eigenvalue weighted by molar-refractivity contribution is 0.107. The molecule has 0 bridgehead atoms. The summed E-state index contributed by atoms with van der Waals surface area (Å²) < 4.78 is 12.1. The van der Waals surface area contributed by atoms with E-state index in [1.54, 1.807) is 19.5 Å². The highest BCUT2D eigenvalue weighted by Gasteiger charge is 2.25. The fraction of sp³-hybridized carbons (Fsp3) is 0.250. The number of amides is 1. The van der Waals surface area contributed by atoms with Crippen molar-refractivity contribution in [1.82, 2.24) is 19.7 Å². The first-order chi connectivity index (χ1) is 15.7. The summed E-state index contributed by atoms with van der Waals surface area (Å²) in [6.07, 6.45) is 5.12. The minimum absolute atomic E-state index is 0.196. The highest BCUT2D eigenvalue weighted by molar-refractivity contribution is 6.00. The van der Waals surface area contributed by atoms with Crippen LogP contribution in [0.15, 0.2) is 54.9 Å². The maximum absolute atomic E-state index is 12.0. The molecule has 1 aliphatic rings. The molecule has 4 aromatic rings. The number of hydrogen-bond donors (Lipinski definition) is 1. The number of nitrogens with one attached hydrogen (secondary N) is 1. The first-order valence-corrected chi connectivity index (χ1v) is 10.6. The Morgan fingerprint density at radius 2 is 2.06 bits per heavy atom. The molecule has 32 heavy (non-hydrogen) atoms. The maximum atomic E-state index is 12.0. The van der Waals surface area contributed by atoms with Crippen LogP contribution in [0.3, 0.4) is 0 Å². The molecule has 1 aromatic carbocycles. The van der Waals surface area contributed by atoms with Gasteiger partial charge in [-0.2, -0.15) is 5.10 Å². The Morgan fingerprint density at radius 3 is 2.91 bits per heavy atom. The second kappa shape index (κ2) is 8.76. The lowest BCUT2D eigenvalue weighted by Crippen LogP contribution is -2.16. The van der Waals surface area contributed by atoms with Gasteiger partial charge in [-0.3, -0.25) is 20.0 Å². The van der Waals surface area contributed by atoms with Crippen LogP contribution >= 0.6 is 0 Å². The number of methoxy groups -OCH3 is 1. The van der Waals surface area contributed by atoms with Crippen molar-refractivity contribution in [2.45, 2.75) is 19.4 Å². The molecule has 0 atom stereocenters. The van der Waals surface area contributed by atoms with Gasteiger partial charge in [-0.25, -0.2) is 4.79 Å². The Hall–Kier alpha value is -3.78. The van der Waals surface area contributed by atoms with Crippen LogP contribution in [0.25, 0.3) is 33.4 Å². The van der Waals surface area contributed by atoms with Crippen molar-refractivity contribution in [3.63, 3.8) is 0 Å². The highest BCUT2D eigenvalue weighted by Crippen LogP contribution is 2.39. The number of pyridine rings is 2. The second-order valence-electron chi connectivity index (χ2n) is 7.56. The summed E-state index contributed by atoms with van der Waals surface area (Å²) in [5.74, 6) is 0. The average molecular weight is 429 g/mol. The van der Waals surface area contributed by atoms with E-state index < -0.39 is 6.09 Å². The number of anilines is 1. The Balaban J connectivity index is 1.54. The molecule has 3 aromatic heterocycles. The average Bonchev–Trinajstić information content (AvgIpc) is 3.41. The number of aryl methyl sites for hydroxylation is 1. The highest BCUT2D eigenvalue weighted by atomic mass is 16.6. The van der Waals surface area contributed by atoms with Crippen molar-refractivity contribution in [1.29, 1.82) is 0 Å². The quantitative estimate of drug-likeness (QED) is 0.460. The molecule has 1 N–H and O–H groups in total. The molecule has 1 aliphatic heterocycles. The van der Waals surface area contributed by atoms with Crippen LogP contribution in [0.5, 0.6) is 0 Å². The minimum atomic E-state index is -0.524. The Kier molecular flexibility index (Phi) is 5.51. The number of ether oxygens (including phenoxy) is 2. The zero-order valence-electron chi connectivity index (χ0n) is 17.7. The van der Waals surface area contributed by atoms with Gasteiger partial charge in [0.1, 0.15) is 12.3 Å². The number of fused-ring (bicyclic) bond motifs is 2. The molecular formula is C24H23N5O3. The number of benzene rings is 1. The molecular weight excluding hydrogens is 406 g/mol. The number of rotatable bonds is 6. The molecule has 1 amide bonds. The van der Waals surface area contributed by atoms with E-state index in [4.69, 9.17) is 14.6 Å². The van der Waals surface area contributed by atoms with Crippen molar-refractivity contribution >= 4 is 22.7 Å². The number of nitrogens with zero attached hydrogens (tertiary/aromatic N) is 4. The van der Waals surface area contributed by atoms with E-state index in [0.717, 1.165) is 52.8 Å². The summed E-state index contributed by atoms with van der Waals surface area (Å²) >= 11 is 0. The third-order valence-corrected chi connectivity index (χ3v) is 5.53. The first kappa shape index (κ1) is 20.1. The summed E-state index contributed by atoms with van der Waals surface area (Å²) in [7, 11) is 1.56. The van der Waals surface area contributed by atoms with E-state index in [1.807, 2.05) is 42.5 Å². The van der Waals surface area contributed by atoms with Gasteiger partial charge in [-0.1, -0.05) is 12.1 Å². The zero-order chi connectivity index (χ0) is 21.9. The summed E-state index contributed by atoms with van der Waals surface area (Å²) in [5.41, 5.74) is 6.53. The van der Waals surface area contributed by atoms with Gasteiger partial charge in [0.2, 0.25) is 0 Å². The third-order valence-electron chi connectivity index (χ3n) is 5.53. The third kappa shape index (κ3) is 3.80. The molecule has 0 spiro atoms. The molecule has 0 radical (unpaired) electrons. The van der Waals surface area contributed by atoms with Gasteiger partial charge in [-0.15, -0.1) is 0 Å². The van der Waals surface area contributed by atoms with Gasteiger partial charge in [-0.05, 0) is 48.7 Å². The Labute approximate surface area is 185 Å². The van der Waals surface area contributed by atoms with Crippen LogP contribution in [-0.4, -0.2) is 46.2 Å². The first-order valence-electron chi connectivity index (χ1n) is 10.6. The number of carbonyl (C=O) groups is 1. The summed E-state index contributed by atoms with van der Waals surface area (Å²) in [6, 6.07) is 13.6. The smallest absolute Gasteiger partial charge is 0.411 e. The summed E-state index contributed by atoms with van der Waals surface area (Å²) in [5, 5.41) is 8.62. The predicted molar refractivity (Wildman–Crippen MR) is 121 cm³/mol. The van der Waals surface area contributed by atoms with Crippen LogP contribution < -0.4 is 5.32 Å². The molecule has 8 nitrogen and oxygen atoms in total. The normalized spacial score (nSPS) is 12.7. The molecule has 0 saturated heterocycles. The molecule has 0 aliphatic carbocycles. The maximum Gasteiger partial charge on any atom is 0.411 e. The lowest BCUT2D eigenvalue weighted by Gasteiger charge is -2.11. The Morgan fingerprint density at radius 1 is 1.12 bits per heavy atom. The fourth-order valence-electron chi connectivity index (χ4n) is 4.11. The van der Waals surface area contributed by atoms with Gasteiger partial charge < -0.3 is 9.47 Å². The van der Waals surface area contributed by atoms with E-state index in [-0.39, 0.29) is 6.61 Å². The van der Waals surface area contributed by atoms with Crippen molar-refractivity contribution in [3.8, 4) is 22.5 Å². The van der Waals surface area contributed by atoms with E-state index in [0.29, 0.717) is 12.3 Å². The standard InChI is InChI=1S/C24H23N5O3/c1-31-13-14-32-24(30)27-16-7-8-17-18(9-11-26-20(17)15-16)22-21-6-4-12-29(21)28-23(22)19-5-2-3-10-25-19/h2-3,5,7-11,15H,4,6,12-14H2,1H3,(H,27,30). The van der Waals surface area contributed by atoms with Gasteiger partial charge in [0.05, 0.1) is 17.8 Å². The predicted octanol–water partition coefficient (Wildman–Crippen LogP) is 4.30. The zero-order valence-corrected chi connectivity index (χ0v) is 17.7. The fourth-order valence-corrected chi connectivity index (χ4v) is 4.11. The van der Waals surface area contributed by atoms with E-state index in [1.165, 1.54) is 5.69 Å². The molecule has 0 fully saturated rings. The van der Waals surface area contributed by atoms with Gasteiger partial charge in [0.25, 0.3) is 0 Å². The molecule has 5 rings (SSSR count). The molecule has 8 heteroatoms. The molecule has 0 unspecified atom stereocenters. The number of aromatic nitrogens is 4. The van der Waals surface area contributed by atoms with Gasteiger partial charge in [0.15, 0.2) is 0 Å². The van der Waals surface area contributed by atoms with E-state index >= 15 is 0 Å². The minimum Gasteiger partial charge on any atom is -0.447 e. The van der Waals surface area contributed by atoms with Gasteiger partial charge in [0, 0.05) is 48.4 Å². The van der Waals surface area contributed by atoms with Crippen molar-refractivity contribution in [2.75, 3.05) is 25.6 Å². The van der Waals surface area contributed by atoms with Crippen molar-refractivity contribution in [2.24, 2.45) is 0 Å². The lowest BCUT2D eigenvalue weighted by atomic mass is 9.96.